The van der Waals surface area contributed by atoms with Gasteiger partial charge in [-0.15, -0.1) is 13.2 Å². The van der Waals surface area contributed by atoms with Crippen LogP contribution in [0, 0.1) is 0 Å². The van der Waals surface area contributed by atoms with Crippen LogP contribution in [0.3, 0.4) is 0 Å². The number of pyridine rings is 1. The fourth-order valence-electron chi connectivity index (χ4n) is 1.13. The predicted molar refractivity (Wildman–Crippen MR) is 50.2 cm³/mol. The van der Waals surface area contributed by atoms with Gasteiger partial charge in [0.1, 0.15) is 0 Å². The average Bonchev–Trinajstić information content (AvgIpc) is 2.15. The average molecular weight is 251 g/mol. The zero-order valence-corrected chi connectivity index (χ0v) is 8.28. The number of carbonyl (C=O) groups is 1. The monoisotopic (exact) mass is 251 g/mol. The third kappa shape index (κ3) is 2.97. The normalized spacial score (nSPS) is 11.3. The molecular formula is C8H8F3N3O3. The van der Waals surface area contributed by atoms with Gasteiger partial charge in [0.05, 0.1) is 11.9 Å². The fourth-order valence-corrected chi connectivity index (χ4v) is 1.13. The van der Waals surface area contributed by atoms with Crippen LogP contribution >= 0.6 is 0 Å². The minimum atomic E-state index is -5.05. The number of hydrogen-bond acceptors (Lipinski definition) is 5. The minimum Gasteiger partial charge on any atom is -0.476 e. The SMILES string of the molecule is NCc1c(N)cnc(C(=O)O)c1OC(F)(F)F. The Hall–Kier alpha value is -2.03. The summed E-state index contributed by atoms with van der Waals surface area (Å²) >= 11 is 0. The quantitative estimate of drug-likeness (QED) is 0.729. The summed E-state index contributed by atoms with van der Waals surface area (Å²) in [6.45, 7) is -0.403. The first-order chi connectivity index (χ1) is 7.76. The van der Waals surface area contributed by atoms with Crippen LogP contribution in [0.5, 0.6) is 5.75 Å². The Kier molecular flexibility index (Phi) is 3.42. The zero-order chi connectivity index (χ0) is 13.2. The summed E-state index contributed by atoms with van der Waals surface area (Å²) in [5, 5.41) is 8.68. The van der Waals surface area contributed by atoms with E-state index in [1.807, 2.05) is 0 Å². The summed E-state index contributed by atoms with van der Waals surface area (Å²) in [7, 11) is 0. The van der Waals surface area contributed by atoms with E-state index in [2.05, 4.69) is 9.72 Å². The molecule has 1 aromatic rings. The topological polar surface area (TPSA) is 111 Å². The highest BCUT2D eigenvalue weighted by Gasteiger charge is 2.35. The lowest BCUT2D eigenvalue weighted by Gasteiger charge is -2.15. The number of hydrogen-bond donors (Lipinski definition) is 3. The van der Waals surface area contributed by atoms with Crippen LogP contribution in [0.2, 0.25) is 0 Å². The Morgan fingerprint density at radius 1 is 1.53 bits per heavy atom. The van der Waals surface area contributed by atoms with Gasteiger partial charge in [0.25, 0.3) is 0 Å². The van der Waals surface area contributed by atoms with Gasteiger partial charge in [0.2, 0.25) is 0 Å². The van der Waals surface area contributed by atoms with Gasteiger partial charge in [-0.2, -0.15) is 0 Å². The standard InChI is InChI=1S/C8H8F3N3O3/c9-8(10,11)17-6-3(1-12)4(13)2-14-5(6)7(15)16/h2H,1,12-13H2,(H,15,16). The molecule has 0 fully saturated rings. The third-order valence-electron chi connectivity index (χ3n) is 1.79. The summed E-state index contributed by atoms with van der Waals surface area (Å²) in [5.41, 5.74) is 9.21. The summed E-state index contributed by atoms with van der Waals surface area (Å²) in [4.78, 5) is 14.0. The van der Waals surface area contributed by atoms with Crippen LogP contribution < -0.4 is 16.2 Å². The van der Waals surface area contributed by atoms with Crippen molar-refractivity contribution in [3.63, 3.8) is 0 Å². The van der Waals surface area contributed by atoms with Crippen LogP contribution in [-0.4, -0.2) is 22.4 Å². The van der Waals surface area contributed by atoms with E-state index in [9.17, 15) is 18.0 Å². The van der Waals surface area contributed by atoms with Gasteiger partial charge < -0.3 is 21.3 Å². The van der Waals surface area contributed by atoms with E-state index in [0.717, 1.165) is 6.20 Å². The molecule has 94 valence electrons. The van der Waals surface area contributed by atoms with E-state index in [1.54, 1.807) is 0 Å². The molecule has 0 aliphatic rings. The molecular weight excluding hydrogens is 243 g/mol. The molecule has 1 aromatic heterocycles. The number of aromatic nitrogens is 1. The van der Waals surface area contributed by atoms with Crippen LogP contribution in [0.4, 0.5) is 18.9 Å². The van der Waals surface area contributed by atoms with E-state index in [1.165, 1.54) is 0 Å². The van der Waals surface area contributed by atoms with E-state index in [0.29, 0.717) is 0 Å². The molecule has 1 rings (SSSR count). The first kappa shape index (κ1) is 13.0. The highest BCUT2D eigenvalue weighted by Crippen LogP contribution is 2.31. The summed E-state index contributed by atoms with van der Waals surface area (Å²) in [6, 6.07) is 0. The molecule has 5 N–H and O–H groups in total. The highest BCUT2D eigenvalue weighted by atomic mass is 19.4. The second kappa shape index (κ2) is 4.45. The van der Waals surface area contributed by atoms with Crippen LogP contribution in [-0.2, 0) is 6.54 Å². The Morgan fingerprint density at radius 2 is 2.12 bits per heavy atom. The fraction of sp³-hybridized carbons (Fsp3) is 0.250. The minimum absolute atomic E-state index is 0.170. The van der Waals surface area contributed by atoms with E-state index in [-0.39, 0.29) is 11.3 Å². The van der Waals surface area contributed by atoms with Crippen molar-refractivity contribution in [3.8, 4) is 5.75 Å². The summed E-state index contributed by atoms with van der Waals surface area (Å²) < 4.78 is 39.9. The number of anilines is 1. The molecule has 0 aromatic carbocycles. The summed E-state index contributed by atoms with van der Waals surface area (Å²) in [5.74, 6) is -2.65. The number of aromatic carboxylic acids is 1. The molecule has 0 radical (unpaired) electrons. The number of carboxylic acid groups (broad SMARTS) is 1. The van der Waals surface area contributed by atoms with Gasteiger partial charge in [-0.3, -0.25) is 0 Å². The Bertz CT molecular complexity index is 448. The molecule has 0 saturated carbocycles. The van der Waals surface area contributed by atoms with Crippen molar-refractivity contribution < 1.29 is 27.8 Å². The first-order valence-electron chi connectivity index (χ1n) is 4.22. The smallest absolute Gasteiger partial charge is 0.476 e. The van der Waals surface area contributed by atoms with Crippen molar-refractivity contribution in [2.45, 2.75) is 12.9 Å². The number of alkyl halides is 3. The lowest BCUT2D eigenvalue weighted by Crippen LogP contribution is -2.22. The Labute approximate surface area is 93.0 Å². The van der Waals surface area contributed by atoms with Gasteiger partial charge in [-0.25, -0.2) is 9.78 Å². The number of halogens is 3. The number of nitrogens with two attached hydrogens (primary N) is 2. The molecule has 9 heteroatoms. The molecule has 0 aliphatic heterocycles. The maximum Gasteiger partial charge on any atom is 0.573 e. The molecule has 1 heterocycles. The largest absolute Gasteiger partial charge is 0.573 e. The van der Waals surface area contributed by atoms with Gasteiger partial charge in [-0.1, -0.05) is 0 Å². The number of nitrogen functional groups attached to an aromatic ring is 1. The molecule has 0 saturated heterocycles. The van der Waals surface area contributed by atoms with Crippen molar-refractivity contribution in [1.29, 1.82) is 0 Å². The lowest BCUT2D eigenvalue weighted by atomic mass is 10.1. The molecule has 0 unspecified atom stereocenters. The number of carboxylic acids is 1. The Balaban J connectivity index is 3.39. The molecule has 17 heavy (non-hydrogen) atoms. The van der Waals surface area contributed by atoms with Crippen LogP contribution in [0.25, 0.3) is 0 Å². The Morgan fingerprint density at radius 3 is 2.53 bits per heavy atom. The zero-order valence-electron chi connectivity index (χ0n) is 8.28. The number of rotatable bonds is 3. The molecule has 0 atom stereocenters. The molecule has 0 aliphatic carbocycles. The predicted octanol–water partition coefficient (Wildman–Crippen LogP) is 0.719. The second-order valence-electron chi connectivity index (χ2n) is 2.93. The molecule has 0 bridgehead atoms. The summed E-state index contributed by atoms with van der Waals surface area (Å²) in [6.07, 6.45) is -4.14. The van der Waals surface area contributed by atoms with E-state index >= 15 is 0 Å². The second-order valence-corrected chi connectivity index (χ2v) is 2.93. The van der Waals surface area contributed by atoms with E-state index in [4.69, 9.17) is 16.6 Å². The van der Waals surface area contributed by atoms with Crippen LogP contribution in [0.15, 0.2) is 6.20 Å². The van der Waals surface area contributed by atoms with Crippen molar-refractivity contribution in [1.82, 2.24) is 4.98 Å². The van der Waals surface area contributed by atoms with Crippen molar-refractivity contribution in [2.75, 3.05) is 5.73 Å². The number of nitrogens with zero attached hydrogens (tertiary/aromatic N) is 1. The van der Waals surface area contributed by atoms with Gasteiger partial charge in [-0.05, 0) is 0 Å². The van der Waals surface area contributed by atoms with Gasteiger partial charge in [0.15, 0.2) is 11.4 Å². The maximum atomic E-state index is 12.1. The van der Waals surface area contributed by atoms with Crippen molar-refractivity contribution in [2.24, 2.45) is 5.73 Å². The lowest BCUT2D eigenvalue weighted by molar-refractivity contribution is -0.275. The third-order valence-corrected chi connectivity index (χ3v) is 1.79. The van der Waals surface area contributed by atoms with Gasteiger partial charge in [0, 0.05) is 12.1 Å². The first-order valence-corrected chi connectivity index (χ1v) is 4.22. The maximum absolute atomic E-state index is 12.1. The number of ether oxygens (including phenoxy) is 1. The molecule has 6 nitrogen and oxygen atoms in total. The molecule has 0 spiro atoms. The van der Waals surface area contributed by atoms with Crippen molar-refractivity contribution in [3.05, 3.63) is 17.5 Å². The highest BCUT2D eigenvalue weighted by molar-refractivity contribution is 5.90. The van der Waals surface area contributed by atoms with Gasteiger partial charge >= 0.3 is 12.3 Å². The van der Waals surface area contributed by atoms with E-state index < -0.39 is 30.3 Å². The molecule has 0 amide bonds. The van der Waals surface area contributed by atoms with Crippen molar-refractivity contribution >= 4 is 11.7 Å². The van der Waals surface area contributed by atoms with Crippen LogP contribution in [0.1, 0.15) is 16.1 Å².